The Hall–Kier alpha value is -0.840. The zero-order valence-corrected chi connectivity index (χ0v) is 12.0. The molecule has 3 nitrogen and oxygen atoms in total. The first-order valence-corrected chi connectivity index (χ1v) is 6.47. The van der Waals surface area contributed by atoms with Gasteiger partial charge in [0.15, 0.2) is 0 Å². The van der Waals surface area contributed by atoms with Gasteiger partial charge in [0, 0.05) is 24.7 Å². The number of carbonyl (C=O) groups excluding carboxylic acids is 1. The molecule has 0 saturated carbocycles. The van der Waals surface area contributed by atoms with E-state index in [9.17, 15) is 9.18 Å². The van der Waals surface area contributed by atoms with E-state index in [4.69, 9.17) is 17.3 Å². The van der Waals surface area contributed by atoms with Crippen LogP contribution in [0.25, 0.3) is 0 Å². The Morgan fingerprint density at radius 3 is 2.84 bits per heavy atom. The predicted octanol–water partition coefficient (Wildman–Crippen LogP) is 2.85. The van der Waals surface area contributed by atoms with E-state index in [-0.39, 0.29) is 29.4 Å². The van der Waals surface area contributed by atoms with Crippen molar-refractivity contribution in [1.29, 1.82) is 0 Å². The molecule has 0 spiro atoms. The summed E-state index contributed by atoms with van der Waals surface area (Å²) in [4.78, 5) is 14.1. The van der Waals surface area contributed by atoms with Gasteiger partial charge in [0.1, 0.15) is 5.82 Å². The third kappa shape index (κ3) is 3.59. The number of halogens is 3. The molecule has 1 saturated heterocycles. The highest BCUT2D eigenvalue weighted by atomic mass is 35.5. The van der Waals surface area contributed by atoms with Gasteiger partial charge in [0.2, 0.25) is 0 Å². The zero-order chi connectivity index (χ0) is 13.1. The van der Waals surface area contributed by atoms with E-state index in [0.29, 0.717) is 18.7 Å². The lowest BCUT2D eigenvalue weighted by Crippen LogP contribution is -2.47. The van der Waals surface area contributed by atoms with Gasteiger partial charge in [0.05, 0.1) is 5.02 Å². The fourth-order valence-electron chi connectivity index (χ4n) is 2.31. The number of likely N-dealkylation sites (tertiary alicyclic amines) is 1. The van der Waals surface area contributed by atoms with Gasteiger partial charge in [-0.1, -0.05) is 11.6 Å². The maximum Gasteiger partial charge on any atom is 0.254 e. The molecule has 1 aromatic carbocycles. The second-order valence-electron chi connectivity index (χ2n) is 4.51. The van der Waals surface area contributed by atoms with Crippen molar-refractivity contribution in [2.24, 2.45) is 5.73 Å². The highest BCUT2D eigenvalue weighted by Gasteiger charge is 2.26. The molecule has 0 aliphatic carbocycles. The van der Waals surface area contributed by atoms with Crippen LogP contribution in [0.5, 0.6) is 0 Å². The summed E-state index contributed by atoms with van der Waals surface area (Å²) in [5, 5.41) is -0.0258. The number of hydrogen-bond donors (Lipinski definition) is 1. The Morgan fingerprint density at radius 1 is 1.47 bits per heavy atom. The summed E-state index contributed by atoms with van der Waals surface area (Å²) in [6, 6.07) is 4.14. The highest BCUT2D eigenvalue weighted by molar-refractivity contribution is 6.31. The molecule has 1 atom stereocenters. The van der Waals surface area contributed by atoms with Crippen LogP contribution in [-0.2, 0) is 0 Å². The fraction of sp³-hybridized carbons (Fsp3) is 0.462. The summed E-state index contributed by atoms with van der Waals surface area (Å²) < 4.78 is 13.1. The van der Waals surface area contributed by atoms with Gasteiger partial charge in [-0.05, 0) is 37.5 Å². The minimum atomic E-state index is -0.512. The Bertz CT molecular complexity index is 456. The van der Waals surface area contributed by atoms with Crippen LogP contribution in [0.4, 0.5) is 4.39 Å². The number of rotatable bonds is 2. The molecule has 0 radical (unpaired) electrons. The number of benzene rings is 1. The maximum atomic E-state index is 13.1. The summed E-state index contributed by atoms with van der Waals surface area (Å²) in [5.41, 5.74) is 6.10. The Labute approximate surface area is 123 Å². The summed E-state index contributed by atoms with van der Waals surface area (Å²) in [6.45, 7) is 1.16. The molecular formula is C13H17Cl2FN2O. The number of hydrogen-bond acceptors (Lipinski definition) is 2. The van der Waals surface area contributed by atoms with Crippen LogP contribution in [-0.4, -0.2) is 29.9 Å². The molecule has 2 rings (SSSR count). The number of nitrogens with zero attached hydrogens (tertiary/aromatic N) is 1. The van der Waals surface area contributed by atoms with Crippen molar-refractivity contribution in [2.45, 2.75) is 25.3 Å². The number of piperidine rings is 1. The van der Waals surface area contributed by atoms with Crippen molar-refractivity contribution in [3.8, 4) is 0 Å². The minimum Gasteiger partial charge on any atom is -0.334 e. The van der Waals surface area contributed by atoms with E-state index in [1.807, 2.05) is 0 Å². The van der Waals surface area contributed by atoms with E-state index in [0.717, 1.165) is 19.3 Å². The van der Waals surface area contributed by atoms with Gasteiger partial charge in [0.25, 0.3) is 5.91 Å². The van der Waals surface area contributed by atoms with Crippen LogP contribution >= 0.6 is 24.0 Å². The third-order valence-corrected chi connectivity index (χ3v) is 3.62. The van der Waals surface area contributed by atoms with Crippen LogP contribution in [0.15, 0.2) is 18.2 Å². The summed E-state index contributed by atoms with van der Waals surface area (Å²) >= 11 is 5.70. The minimum absolute atomic E-state index is 0. The van der Waals surface area contributed by atoms with Crippen LogP contribution in [0.3, 0.4) is 0 Å². The molecule has 19 heavy (non-hydrogen) atoms. The van der Waals surface area contributed by atoms with E-state index >= 15 is 0 Å². The molecule has 2 N–H and O–H groups in total. The average Bonchev–Trinajstić information content (AvgIpc) is 2.41. The molecule has 1 aromatic rings. The summed E-state index contributed by atoms with van der Waals surface area (Å²) in [5.74, 6) is -0.630. The lowest BCUT2D eigenvalue weighted by Gasteiger charge is -2.35. The monoisotopic (exact) mass is 306 g/mol. The SMILES string of the molecule is Cl.NCC1CCCCN1C(=O)c1ccc(F)c(Cl)c1. The first-order chi connectivity index (χ1) is 8.63. The van der Waals surface area contributed by atoms with Crippen molar-refractivity contribution in [3.63, 3.8) is 0 Å². The Morgan fingerprint density at radius 2 is 2.21 bits per heavy atom. The van der Waals surface area contributed by atoms with E-state index in [1.165, 1.54) is 18.2 Å². The van der Waals surface area contributed by atoms with Crippen molar-refractivity contribution < 1.29 is 9.18 Å². The van der Waals surface area contributed by atoms with E-state index < -0.39 is 5.82 Å². The maximum absolute atomic E-state index is 13.1. The molecule has 1 aliphatic heterocycles. The van der Waals surface area contributed by atoms with Crippen LogP contribution < -0.4 is 5.73 Å². The Kier molecular flexibility index (Phi) is 6.04. The summed E-state index contributed by atoms with van der Waals surface area (Å²) in [6.07, 6.45) is 3.00. The van der Waals surface area contributed by atoms with Gasteiger partial charge in [-0.3, -0.25) is 4.79 Å². The van der Waals surface area contributed by atoms with Gasteiger partial charge < -0.3 is 10.6 Å². The molecule has 1 heterocycles. The molecular weight excluding hydrogens is 290 g/mol. The van der Waals surface area contributed by atoms with Gasteiger partial charge in [-0.25, -0.2) is 4.39 Å². The van der Waals surface area contributed by atoms with Crippen LogP contribution in [0.1, 0.15) is 29.6 Å². The molecule has 1 unspecified atom stereocenters. The first-order valence-electron chi connectivity index (χ1n) is 6.09. The topological polar surface area (TPSA) is 46.3 Å². The smallest absolute Gasteiger partial charge is 0.254 e. The second-order valence-corrected chi connectivity index (χ2v) is 4.92. The van der Waals surface area contributed by atoms with Crippen molar-refractivity contribution >= 4 is 29.9 Å². The first kappa shape index (κ1) is 16.2. The molecule has 106 valence electrons. The van der Waals surface area contributed by atoms with E-state index in [2.05, 4.69) is 0 Å². The van der Waals surface area contributed by atoms with Gasteiger partial charge in [-0.15, -0.1) is 12.4 Å². The highest BCUT2D eigenvalue weighted by Crippen LogP contribution is 2.21. The van der Waals surface area contributed by atoms with Gasteiger partial charge in [-0.2, -0.15) is 0 Å². The molecule has 6 heteroatoms. The van der Waals surface area contributed by atoms with Crippen molar-refractivity contribution in [3.05, 3.63) is 34.6 Å². The molecule has 1 fully saturated rings. The normalized spacial score (nSPS) is 18.9. The molecule has 1 amide bonds. The quantitative estimate of drug-likeness (QED) is 0.913. The largest absolute Gasteiger partial charge is 0.334 e. The standard InChI is InChI=1S/C13H16ClFN2O.ClH/c14-11-7-9(4-5-12(11)15)13(18)17-6-2-1-3-10(17)8-16;/h4-5,7,10H,1-3,6,8,16H2;1H. The Balaban J connectivity index is 0.00000180. The number of carbonyl (C=O) groups is 1. The van der Waals surface area contributed by atoms with Crippen molar-refractivity contribution in [1.82, 2.24) is 4.90 Å². The van der Waals surface area contributed by atoms with Gasteiger partial charge >= 0.3 is 0 Å². The molecule has 1 aliphatic rings. The lowest BCUT2D eigenvalue weighted by atomic mass is 10.0. The summed E-state index contributed by atoms with van der Waals surface area (Å²) in [7, 11) is 0. The zero-order valence-electron chi connectivity index (χ0n) is 10.4. The number of amides is 1. The molecule has 0 bridgehead atoms. The lowest BCUT2D eigenvalue weighted by molar-refractivity contribution is 0.0623. The van der Waals surface area contributed by atoms with Crippen molar-refractivity contribution in [2.75, 3.05) is 13.1 Å². The third-order valence-electron chi connectivity index (χ3n) is 3.33. The number of nitrogens with two attached hydrogens (primary N) is 1. The van der Waals surface area contributed by atoms with E-state index in [1.54, 1.807) is 4.90 Å². The predicted molar refractivity (Wildman–Crippen MR) is 76.4 cm³/mol. The molecule has 0 aromatic heterocycles. The van der Waals surface area contributed by atoms with Crippen LogP contribution in [0, 0.1) is 5.82 Å². The second kappa shape index (κ2) is 7.08. The average molecular weight is 307 g/mol. The van der Waals surface area contributed by atoms with Crippen LogP contribution in [0.2, 0.25) is 5.02 Å². The fourth-order valence-corrected chi connectivity index (χ4v) is 2.49.